The summed E-state index contributed by atoms with van der Waals surface area (Å²) in [5, 5.41) is 0.589. The molecule has 0 saturated heterocycles. The largest absolute Gasteiger partial charge is 0.329 e. The summed E-state index contributed by atoms with van der Waals surface area (Å²) >= 11 is 1.42. The van der Waals surface area contributed by atoms with Crippen LogP contribution in [0.2, 0.25) is 0 Å². The molecule has 0 aliphatic rings. The van der Waals surface area contributed by atoms with Crippen LogP contribution in [0.4, 0.5) is 0 Å². The molecule has 0 unspecified atom stereocenters. The zero-order valence-electron chi connectivity index (χ0n) is 8.95. The molecule has 2 rings (SSSR count). The van der Waals surface area contributed by atoms with Gasteiger partial charge in [0.05, 0.1) is 5.39 Å². The smallest absolute Gasteiger partial charge is 0.298 e. The van der Waals surface area contributed by atoms with Crippen LogP contribution in [0.1, 0.15) is 11.3 Å². The maximum absolute atomic E-state index is 12.0. The lowest BCUT2D eigenvalue weighted by atomic mass is 10.3. The second-order valence-corrected chi connectivity index (χ2v) is 4.82. The first kappa shape index (κ1) is 10.9. The third-order valence-corrected chi connectivity index (χ3v) is 3.32. The number of allylic oxidation sites excluding steroid dienone is 1. The average molecular weight is 236 g/mol. The number of aryl methyl sites for hydroxylation is 1. The highest BCUT2D eigenvalue weighted by Crippen LogP contribution is 2.18. The van der Waals surface area contributed by atoms with Crippen LogP contribution in [-0.2, 0) is 6.54 Å². The van der Waals surface area contributed by atoms with E-state index in [9.17, 15) is 9.59 Å². The highest BCUT2D eigenvalue weighted by molar-refractivity contribution is 7.18. The summed E-state index contributed by atoms with van der Waals surface area (Å²) in [7, 11) is 0. The Hall–Kier alpha value is -1.62. The molecule has 1 N–H and O–H groups in total. The third kappa shape index (κ3) is 1.74. The molecular weight excluding hydrogens is 224 g/mol. The average Bonchev–Trinajstić information content (AvgIpc) is 2.59. The van der Waals surface area contributed by atoms with Gasteiger partial charge < -0.3 is 0 Å². The minimum absolute atomic E-state index is 0.218. The monoisotopic (exact) mass is 236 g/mol. The van der Waals surface area contributed by atoms with Crippen LogP contribution < -0.4 is 11.2 Å². The first-order valence-corrected chi connectivity index (χ1v) is 5.79. The molecule has 0 saturated carbocycles. The topological polar surface area (TPSA) is 54.9 Å². The Morgan fingerprint density at radius 1 is 1.56 bits per heavy atom. The predicted molar refractivity (Wildman–Crippen MR) is 66.3 cm³/mol. The van der Waals surface area contributed by atoms with Crippen LogP contribution in [-0.4, -0.2) is 9.55 Å². The van der Waals surface area contributed by atoms with Crippen molar-refractivity contribution in [2.24, 2.45) is 0 Å². The fourth-order valence-corrected chi connectivity index (χ4v) is 2.48. The fraction of sp³-hybridized carbons (Fsp3) is 0.273. The highest BCUT2D eigenvalue weighted by Gasteiger charge is 2.08. The van der Waals surface area contributed by atoms with Gasteiger partial charge in [0, 0.05) is 11.4 Å². The van der Waals surface area contributed by atoms with Gasteiger partial charge in [0.15, 0.2) is 0 Å². The predicted octanol–water partition coefficient (Wildman–Crippen LogP) is 1.64. The number of thiophene rings is 1. The second kappa shape index (κ2) is 4.09. The van der Waals surface area contributed by atoms with Crippen molar-refractivity contribution in [3.63, 3.8) is 0 Å². The molecule has 0 amide bonds. The Morgan fingerprint density at radius 3 is 3.00 bits per heavy atom. The summed E-state index contributed by atoms with van der Waals surface area (Å²) in [6, 6.07) is 1.81. The summed E-state index contributed by atoms with van der Waals surface area (Å²) in [5.74, 6) is 0. The van der Waals surface area contributed by atoms with Crippen LogP contribution in [0.5, 0.6) is 0 Å². The normalized spacial score (nSPS) is 10.8. The van der Waals surface area contributed by atoms with Crippen molar-refractivity contribution < 1.29 is 0 Å². The maximum Gasteiger partial charge on any atom is 0.329 e. The number of H-pyrrole nitrogens is 1. The molecule has 0 atom stereocenters. The van der Waals surface area contributed by atoms with Crippen LogP contribution in [0, 0.1) is 6.92 Å². The fourth-order valence-electron chi connectivity index (χ4n) is 1.59. The standard InChI is InChI=1S/C11H12N2O2S/c1-3-4-5-13-10(14)8-6-7(2)16-9(8)12-11(13)15/h3,6H,1,4-5H2,2H3,(H,12,15). The molecule has 0 aliphatic heterocycles. The van der Waals surface area contributed by atoms with Gasteiger partial charge in [-0.2, -0.15) is 0 Å². The molecule has 84 valence electrons. The Kier molecular flexibility index (Phi) is 2.78. The Bertz CT molecular complexity index is 648. The molecule has 0 bridgehead atoms. The molecule has 0 radical (unpaired) electrons. The van der Waals surface area contributed by atoms with Gasteiger partial charge >= 0.3 is 5.69 Å². The van der Waals surface area contributed by atoms with Crippen molar-refractivity contribution in [1.82, 2.24) is 9.55 Å². The lowest BCUT2D eigenvalue weighted by Crippen LogP contribution is -2.34. The van der Waals surface area contributed by atoms with Gasteiger partial charge in [-0.3, -0.25) is 14.3 Å². The van der Waals surface area contributed by atoms with Crippen molar-refractivity contribution >= 4 is 21.6 Å². The van der Waals surface area contributed by atoms with E-state index >= 15 is 0 Å². The molecule has 2 aromatic rings. The van der Waals surface area contributed by atoms with Gasteiger partial charge in [0.1, 0.15) is 4.83 Å². The van der Waals surface area contributed by atoms with Crippen LogP contribution >= 0.6 is 11.3 Å². The molecule has 2 heterocycles. The minimum Gasteiger partial charge on any atom is -0.298 e. The molecule has 0 aliphatic carbocycles. The van der Waals surface area contributed by atoms with Gasteiger partial charge in [-0.05, 0) is 19.4 Å². The Morgan fingerprint density at radius 2 is 2.31 bits per heavy atom. The zero-order chi connectivity index (χ0) is 11.7. The number of aromatic nitrogens is 2. The van der Waals surface area contributed by atoms with Crippen molar-refractivity contribution in [2.75, 3.05) is 0 Å². The third-order valence-electron chi connectivity index (χ3n) is 2.35. The summed E-state index contributed by atoms with van der Waals surface area (Å²) in [6.07, 6.45) is 2.30. The summed E-state index contributed by atoms with van der Waals surface area (Å²) in [6.45, 7) is 5.87. The molecule has 0 spiro atoms. The molecule has 0 fully saturated rings. The van der Waals surface area contributed by atoms with E-state index in [2.05, 4.69) is 11.6 Å². The van der Waals surface area contributed by atoms with E-state index in [0.717, 1.165) is 4.88 Å². The molecular formula is C11H12N2O2S. The SMILES string of the molecule is C=CCCn1c(=O)[nH]c2sc(C)cc2c1=O. The van der Waals surface area contributed by atoms with Crippen molar-refractivity contribution in [3.8, 4) is 0 Å². The van der Waals surface area contributed by atoms with E-state index in [1.807, 2.05) is 13.0 Å². The maximum atomic E-state index is 12.0. The van der Waals surface area contributed by atoms with Gasteiger partial charge in [0.2, 0.25) is 0 Å². The molecule has 16 heavy (non-hydrogen) atoms. The summed E-state index contributed by atoms with van der Waals surface area (Å²) in [4.78, 5) is 28.0. The highest BCUT2D eigenvalue weighted by atomic mass is 32.1. The van der Waals surface area contributed by atoms with Gasteiger partial charge in [-0.15, -0.1) is 17.9 Å². The van der Waals surface area contributed by atoms with E-state index in [0.29, 0.717) is 23.2 Å². The lowest BCUT2D eigenvalue weighted by Gasteiger charge is -2.01. The van der Waals surface area contributed by atoms with E-state index in [4.69, 9.17) is 0 Å². The van der Waals surface area contributed by atoms with E-state index < -0.39 is 0 Å². The second-order valence-electron chi connectivity index (χ2n) is 3.56. The Labute approximate surface area is 95.9 Å². The van der Waals surface area contributed by atoms with Gasteiger partial charge in [-0.1, -0.05) is 6.08 Å². The van der Waals surface area contributed by atoms with Crippen molar-refractivity contribution in [2.45, 2.75) is 19.9 Å². The minimum atomic E-state index is -0.346. The van der Waals surface area contributed by atoms with Gasteiger partial charge in [-0.25, -0.2) is 4.79 Å². The van der Waals surface area contributed by atoms with E-state index in [-0.39, 0.29) is 11.2 Å². The summed E-state index contributed by atoms with van der Waals surface area (Å²) < 4.78 is 1.22. The van der Waals surface area contributed by atoms with Crippen LogP contribution in [0.15, 0.2) is 28.3 Å². The van der Waals surface area contributed by atoms with Crippen molar-refractivity contribution in [3.05, 3.63) is 44.4 Å². The quantitative estimate of drug-likeness (QED) is 0.824. The molecule has 0 aromatic carbocycles. The number of nitrogens with one attached hydrogen (secondary N) is 1. The molecule has 2 aromatic heterocycles. The first-order chi connectivity index (χ1) is 7.63. The van der Waals surface area contributed by atoms with Crippen LogP contribution in [0.25, 0.3) is 10.2 Å². The lowest BCUT2D eigenvalue weighted by molar-refractivity contribution is 0.647. The molecule has 4 nitrogen and oxygen atoms in total. The van der Waals surface area contributed by atoms with Crippen LogP contribution in [0.3, 0.4) is 0 Å². The number of rotatable bonds is 3. The summed E-state index contributed by atoms with van der Waals surface area (Å²) in [5.41, 5.74) is -0.564. The molecule has 5 heteroatoms. The van der Waals surface area contributed by atoms with E-state index in [1.54, 1.807) is 6.08 Å². The number of fused-ring (bicyclic) bond motifs is 1. The Balaban J connectivity index is 2.70. The number of nitrogens with zero attached hydrogens (tertiary/aromatic N) is 1. The number of hydrogen-bond acceptors (Lipinski definition) is 3. The van der Waals surface area contributed by atoms with Crippen molar-refractivity contribution in [1.29, 1.82) is 0 Å². The number of hydrogen-bond donors (Lipinski definition) is 1. The number of aromatic amines is 1. The van der Waals surface area contributed by atoms with E-state index in [1.165, 1.54) is 15.9 Å². The first-order valence-electron chi connectivity index (χ1n) is 4.97. The van der Waals surface area contributed by atoms with Gasteiger partial charge in [0.25, 0.3) is 5.56 Å². The zero-order valence-corrected chi connectivity index (χ0v) is 9.76.